The Balaban J connectivity index is 1.70. The molecule has 2 aromatic rings. The van der Waals surface area contributed by atoms with E-state index in [2.05, 4.69) is 15.3 Å². The Morgan fingerprint density at radius 2 is 2.29 bits per heavy atom. The summed E-state index contributed by atoms with van der Waals surface area (Å²) in [7, 11) is 0. The third-order valence-corrected chi connectivity index (χ3v) is 3.66. The van der Waals surface area contributed by atoms with E-state index in [9.17, 15) is 9.50 Å². The molecular weight excluding hydrogens is 313 g/mol. The van der Waals surface area contributed by atoms with Crippen LogP contribution in [0, 0.1) is 12.7 Å². The van der Waals surface area contributed by atoms with Gasteiger partial charge in [0.2, 0.25) is 0 Å². The number of halogens is 1. The van der Waals surface area contributed by atoms with Crippen molar-refractivity contribution in [1.29, 1.82) is 0 Å². The van der Waals surface area contributed by atoms with E-state index in [0.717, 1.165) is 31.3 Å². The fourth-order valence-electron chi connectivity index (χ4n) is 2.54. The second-order valence-electron chi connectivity index (χ2n) is 5.73. The largest absolute Gasteiger partial charge is 0.488 e. The second kappa shape index (κ2) is 7.55. The summed E-state index contributed by atoms with van der Waals surface area (Å²) in [6.07, 6.45) is 1.93. The molecule has 1 aliphatic heterocycles. The van der Waals surface area contributed by atoms with Gasteiger partial charge >= 0.3 is 0 Å². The Labute approximate surface area is 139 Å². The summed E-state index contributed by atoms with van der Waals surface area (Å²) in [5, 5.41) is 13.1. The van der Waals surface area contributed by atoms with E-state index in [1.165, 1.54) is 12.1 Å². The summed E-state index contributed by atoms with van der Waals surface area (Å²) in [6.45, 7) is 3.17. The van der Waals surface area contributed by atoms with Crippen LogP contribution in [-0.4, -0.2) is 34.4 Å². The predicted molar refractivity (Wildman–Crippen MR) is 86.2 cm³/mol. The molecule has 1 aliphatic rings. The van der Waals surface area contributed by atoms with E-state index >= 15 is 0 Å². The lowest BCUT2D eigenvalue weighted by atomic mass is 10.2. The van der Waals surface area contributed by atoms with Crippen LogP contribution in [0.15, 0.2) is 30.5 Å². The number of aryl methyl sites for hydroxylation is 1. The molecule has 0 bridgehead atoms. The van der Waals surface area contributed by atoms with Crippen LogP contribution < -0.4 is 10.1 Å². The van der Waals surface area contributed by atoms with E-state index in [1.807, 2.05) is 13.0 Å². The molecule has 3 rings (SSSR count). The zero-order valence-electron chi connectivity index (χ0n) is 13.4. The number of aliphatic hydroxyl groups excluding tert-OH is 1. The highest BCUT2D eigenvalue weighted by molar-refractivity contribution is 5.37. The average Bonchev–Trinajstić information content (AvgIpc) is 2.57. The minimum Gasteiger partial charge on any atom is -0.488 e. The van der Waals surface area contributed by atoms with Gasteiger partial charge in [-0.15, -0.1) is 0 Å². The molecule has 1 fully saturated rings. The molecule has 1 saturated heterocycles. The van der Waals surface area contributed by atoms with Gasteiger partial charge < -0.3 is 19.9 Å². The first-order valence-electron chi connectivity index (χ1n) is 7.89. The van der Waals surface area contributed by atoms with Gasteiger partial charge in [-0.1, -0.05) is 0 Å². The zero-order valence-corrected chi connectivity index (χ0v) is 13.4. The van der Waals surface area contributed by atoms with E-state index in [4.69, 9.17) is 9.47 Å². The van der Waals surface area contributed by atoms with Crippen LogP contribution in [0.3, 0.4) is 0 Å². The third kappa shape index (κ3) is 4.39. The maximum absolute atomic E-state index is 12.9. The standard InChI is InChI=1S/C17H20FN3O3/c1-11-7-14(24-13-3-2-6-23-10-13)8-15(20-11)17(22)21-16-5-4-12(18)9-19-16/h4-5,7-9,13,17,22H,2-3,6,10H2,1H3,(H,19,21)/t13-,17?/m0/s1. The normalized spacial score (nSPS) is 18.9. The van der Waals surface area contributed by atoms with Gasteiger partial charge in [0.1, 0.15) is 23.5 Å². The summed E-state index contributed by atoms with van der Waals surface area (Å²) in [5.74, 6) is 0.561. The van der Waals surface area contributed by atoms with Crippen LogP contribution in [0.2, 0.25) is 0 Å². The van der Waals surface area contributed by atoms with Crippen molar-refractivity contribution in [2.45, 2.75) is 32.1 Å². The van der Waals surface area contributed by atoms with Crippen molar-refractivity contribution in [1.82, 2.24) is 9.97 Å². The van der Waals surface area contributed by atoms with E-state index in [0.29, 0.717) is 23.9 Å². The van der Waals surface area contributed by atoms with Crippen LogP contribution in [0.5, 0.6) is 5.75 Å². The molecular formula is C17H20FN3O3. The van der Waals surface area contributed by atoms with Gasteiger partial charge in [-0.05, 0) is 31.9 Å². The van der Waals surface area contributed by atoms with Crippen LogP contribution in [0.1, 0.15) is 30.5 Å². The van der Waals surface area contributed by atoms with Crippen molar-refractivity contribution < 1.29 is 19.0 Å². The minimum atomic E-state index is -1.08. The quantitative estimate of drug-likeness (QED) is 0.819. The van der Waals surface area contributed by atoms with Crippen molar-refractivity contribution >= 4 is 5.82 Å². The topological polar surface area (TPSA) is 76.5 Å². The molecule has 24 heavy (non-hydrogen) atoms. The lowest BCUT2D eigenvalue weighted by Gasteiger charge is -2.24. The van der Waals surface area contributed by atoms with Gasteiger partial charge in [-0.3, -0.25) is 4.98 Å². The summed E-state index contributed by atoms with van der Waals surface area (Å²) in [6, 6.07) is 6.22. The van der Waals surface area contributed by atoms with Crippen LogP contribution in [-0.2, 0) is 4.74 Å². The molecule has 128 valence electrons. The molecule has 2 atom stereocenters. The van der Waals surface area contributed by atoms with Crippen LogP contribution >= 0.6 is 0 Å². The number of ether oxygens (including phenoxy) is 2. The highest BCUT2D eigenvalue weighted by Gasteiger charge is 2.17. The van der Waals surface area contributed by atoms with Gasteiger partial charge in [-0.2, -0.15) is 0 Å². The molecule has 7 heteroatoms. The number of rotatable bonds is 5. The Kier molecular flexibility index (Phi) is 5.22. The van der Waals surface area contributed by atoms with Crippen molar-refractivity contribution in [3.63, 3.8) is 0 Å². The van der Waals surface area contributed by atoms with Gasteiger partial charge in [0, 0.05) is 24.4 Å². The SMILES string of the molecule is Cc1cc(O[C@H]2CCCOC2)cc(C(O)Nc2ccc(F)cn2)n1. The van der Waals surface area contributed by atoms with Crippen molar-refractivity contribution in [2.75, 3.05) is 18.5 Å². The number of hydrogen-bond acceptors (Lipinski definition) is 6. The van der Waals surface area contributed by atoms with E-state index < -0.39 is 12.0 Å². The average molecular weight is 333 g/mol. The Bertz CT molecular complexity index is 675. The van der Waals surface area contributed by atoms with E-state index in [1.54, 1.807) is 6.07 Å². The molecule has 0 spiro atoms. The number of aromatic nitrogens is 2. The maximum Gasteiger partial charge on any atom is 0.169 e. The monoisotopic (exact) mass is 333 g/mol. The Morgan fingerprint density at radius 3 is 3.00 bits per heavy atom. The fraction of sp³-hybridized carbons (Fsp3) is 0.412. The first-order chi connectivity index (χ1) is 11.6. The lowest BCUT2D eigenvalue weighted by Crippen LogP contribution is -2.28. The van der Waals surface area contributed by atoms with Gasteiger partial charge in [0.25, 0.3) is 0 Å². The highest BCUT2D eigenvalue weighted by Crippen LogP contribution is 2.23. The lowest BCUT2D eigenvalue weighted by molar-refractivity contribution is 0.00725. The predicted octanol–water partition coefficient (Wildman–Crippen LogP) is 2.58. The van der Waals surface area contributed by atoms with Gasteiger partial charge in [0.15, 0.2) is 6.23 Å². The third-order valence-electron chi connectivity index (χ3n) is 3.66. The molecule has 3 heterocycles. The van der Waals surface area contributed by atoms with Crippen molar-refractivity contribution in [3.8, 4) is 5.75 Å². The molecule has 0 aliphatic carbocycles. The molecule has 2 N–H and O–H groups in total. The molecule has 0 amide bonds. The molecule has 6 nitrogen and oxygen atoms in total. The zero-order chi connectivity index (χ0) is 16.9. The van der Waals surface area contributed by atoms with Crippen molar-refractivity contribution in [3.05, 3.63) is 47.7 Å². The Hall–Kier alpha value is -2.25. The molecule has 2 aromatic heterocycles. The van der Waals surface area contributed by atoms with Crippen LogP contribution in [0.25, 0.3) is 0 Å². The van der Waals surface area contributed by atoms with Crippen LogP contribution in [0.4, 0.5) is 10.2 Å². The molecule has 0 saturated carbocycles. The van der Waals surface area contributed by atoms with Gasteiger partial charge in [-0.25, -0.2) is 9.37 Å². The molecule has 1 unspecified atom stereocenters. The maximum atomic E-state index is 12.9. The number of hydrogen-bond donors (Lipinski definition) is 2. The number of anilines is 1. The second-order valence-corrected chi connectivity index (χ2v) is 5.73. The van der Waals surface area contributed by atoms with Crippen molar-refractivity contribution in [2.24, 2.45) is 0 Å². The first kappa shape index (κ1) is 16.6. The fourth-order valence-corrected chi connectivity index (χ4v) is 2.54. The summed E-state index contributed by atoms with van der Waals surface area (Å²) >= 11 is 0. The molecule has 0 aromatic carbocycles. The first-order valence-corrected chi connectivity index (χ1v) is 7.89. The highest BCUT2D eigenvalue weighted by atomic mass is 19.1. The smallest absolute Gasteiger partial charge is 0.169 e. The summed E-state index contributed by atoms with van der Waals surface area (Å²) < 4.78 is 24.2. The minimum absolute atomic E-state index is 0.0114. The van der Waals surface area contributed by atoms with E-state index in [-0.39, 0.29) is 6.10 Å². The molecule has 0 radical (unpaired) electrons. The summed E-state index contributed by atoms with van der Waals surface area (Å²) in [5.41, 5.74) is 1.14. The number of aliphatic hydroxyl groups is 1. The summed E-state index contributed by atoms with van der Waals surface area (Å²) in [4.78, 5) is 8.18. The Morgan fingerprint density at radius 1 is 1.42 bits per heavy atom. The number of nitrogens with one attached hydrogen (secondary N) is 1. The number of nitrogens with zero attached hydrogens (tertiary/aromatic N) is 2. The number of pyridine rings is 2. The van der Waals surface area contributed by atoms with Gasteiger partial charge in [0.05, 0.1) is 18.5 Å².